The van der Waals surface area contributed by atoms with Crippen LogP contribution >= 0.6 is 0 Å². The van der Waals surface area contributed by atoms with Crippen molar-refractivity contribution in [1.29, 1.82) is 0 Å². The number of nitrogens with one attached hydrogen (secondary N) is 2. The quantitative estimate of drug-likeness (QED) is 0.837. The van der Waals surface area contributed by atoms with Gasteiger partial charge in [0.1, 0.15) is 11.0 Å². The number of hydrogen-bond acceptors (Lipinski definition) is 4. The van der Waals surface area contributed by atoms with Crippen LogP contribution in [0.3, 0.4) is 0 Å². The van der Waals surface area contributed by atoms with Gasteiger partial charge < -0.3 is 10.1 Å². The third kappa shape index (κ3) is 1.71. The normalized spacial score (nSPS) is 28.9. The van der Waals surface area contributed by atoms with E-state index in [1.54, 1.807) is 18.2 Å². The highest BCUT2D eigenvalue weighted by Crippen LogP contribution is 2.38. The molecule has 2 fully saturated rings. The second-order valence-corrected chi connectivity index (χ2v) is 5.20. The van der Waals surface area contributed by atoms with Crippen molar-refractivity contribution in [3.05, 3.63) is 23.8 Å². The smallest absolute Gasteiger partial charge is 0.251 e. The summed E-state index contributed by atoms with van der Waals surface area (Å²) in [7, 11) is 0. The number of benzene rings is 1. The Bertz CT molecular complexity index is 638. The van der Waals surface area contributed by atoms with E-state index >= 15 is 0 Å². The topological polar surface area (TPSA) is 79.9 Å². The van der Waals surface area contributed by atoms with Gasteiger partial charge in [-0.1, -0.05) is 0 Å². The third-order valence-electron chi connectivity index (χ3n) is 4.16. The lowest BCUT2D eigenvalue weighted by Gasteiger charge is -2.39. The highest BCUT2D eigenvalue weighted by atomic mass is 16.5. The number of rotatable bonds is 2. The van der Waals surface area contributed by atoms with Crippen molar-refractivity contribution < 1.29 is 9.53 Å². The maximum Gasteiger partial charge on any atom is 0.251 e. The van der Waals surface area contributed by atoms with E-state index in [0.717, 1.165) is 25.0 Å². The fourth-order valence-electron chi connectivity index (χ4n) is 3.00. The van der Waals surface area contributed by atoms with Crippen LogP contribution in [-0.4, -0.2) is 40.1 Å². The number of carbonyl (C=O) groups is 1. The minimum Gasteiger partial charge on any atom is -0.378 e. The predicted octanol–water partition coefficient (Wildman–Crippen LogP) is 0.865. The van der Waals surface area contributed by atoms with Gasteiger partial charge in [-0.3, -0.25) is 4.79 Å². The van der Waals surface area contributed by atoms with Gasteiger partial charge in [0, 0.05) is 24.1 Å². The van der Waals surface area contributed by atoms with Gasteiger partial charge in [0.05, 0.1) is 6.10 Å². The third-order valence-corrected chi connectivity index (χ3v) is 4.16. The summed E-state index contributed by atoms with van der Waals surface area (Å²) in [4.78, 5) is 12.2. The summed E-state index contributed by atoms with van der Waals surface area (Å²) in [5, 5.41) is 13.6. The van der Waals surface area contributed by atoms with Crippen LogP contribution in [0.1, 0.15) is 23.2 Å². The van der Waals surface area contributed by atoms with Crippen molar-refractivity contribution in [2.45, 2.75) is 25.0 Å². The van der Waals surface area contributed by atoms with Crippen molar-refractivity contribution in [1.82, 2.24) is 20.7 Å². The molecule has 0 spiro atoms. The zero-order valence-electron chi connectivity index (χ0n) is 10.3. The van der Waals surface area contributed by atoms with E-state index < -0.39 is 0 Å². The molecular formula is C13H14N4O2. The van der Waals surface area contributed by atoms with Crippen LogP contribution in [-0.2, 0) is 4.74 Å². The standard InChI is InChI=1S/C13H14N4O2/c18-13(14-10-6-12-8(10)3-4-19-12)7-1-2-9-11(5-7)16-17-15-9/h1-2,5,8,10,12H,3-4,6H2,(H,14,18)(H,15,16,17)/t8-,10+,12+/m0/s1. The molecule has 1 aromatic heterocycles. The van der Waals surface area contributed by atoms with Gasteiger partial charge in [0.15, 0.2) is 0 Å². The summed E-state index contributed by atoms with van der Waals surface area (Å²) in [6.07, 6.45) is 2.35. The number of amides is 1. The Morgan fingerprint density at radius 1 is 1.37 bits per heavy atom. The van der Waals surface area contributed by atoms with Gasteiger partial charge in [-0.15, -0.1) is 0 Å². The van der Waals surface area contributed by atoms with E-state index in [1.165, 1.54) is 0 Å². The molecule has 4 rings (SSSR count). The molecule has 2 aromatic rings. The highest BCUT2D eigenvalue weighted by molar-refractivity contribution is 5.97. The van der Waals surface area contributed by atoms with Crippen LogP contribution in [0.5, 0.6) is 0 Å². The summed E-state index contributed by atoms with van der Waals surface area (Å²) in [6, 6.07) is 5.60. The lowest BCUT2D eigenvalue weighted by atomic mass is 9.76. The average molecular weight is 258 g/mol. The monoisotopic (exact) mass is 258 g/mol. The molecule has 19 heavy (non-hydrogen) atoms. The summed E-state index contributed by atoms with van der Waals surface area (Å²) >= 11 is 0. The number of hydrogen-bond donors (Lipinski definition) is 2. The molecule has 6 nitrogen and oxygen atoms in total. The Morgan fingerprint density at radius 3 is 3.16 bits per heavy atom. The molecular weight excluding hydrogens is 244 g/mol. The fraction of sp³-hybridized carbons (Fsp3) is 0.462. The van der Waals surface area contributed by atoms with E-state index in [2.05, 4.69) is 20.7 Å². The van der Waals surface area contributed by atoms with Crippen molar-refractivity contribution in [2.75, 3.05) is 6.61 Å². The van der Waals surface area contributed by atoms with Gasteiger partial charge in [0.25, 0.3) is 5.91 Å². The largest absolute Gasteiger partial charge is 0.378 e. The van der Waals surface area contributed by atoms with E-state index in [4.69, 9.17) is 4.74 Å². The lowest BCUT2D eigenvalue weighted by Crippen LogP contribution is -2.53. The molecule has 0 unspecified atom stereocenters. The zero-order valence-corrected chi connectivity index (χ0v) is 10.3. The molecule has 0 radical (unpaired) electrons. The van der Waals surface area contributed by atoms with E-state index in [0.29, 0.717) is 23.1 Å². The minimum atomic E-state index is -0.0414. The first-order valence-electron chi connectivity index (χ1n) is 6.54. The molecule has 1 aliphatic carbocycles. The summed E-state index contributed by atoms with van der Waals surface area (Å²) < 4.78 is 5.54. The van der Waals surface area contributed by atoms with Gasteiger partial charge in [0.2, 0.25) is 0 Å². The molecule has 2 N–H and O–H groups in total. The summed E-state index contributed by atoms with van der Waals surface area (Å²) in [5.74, 6) is 0.458. The van der Waals surface area contributed by atoms with Crippen molar-refractivity contribution in [3.8, 4) is 0 Å². The number of ether oxygens (including phenoxy) is 1. The van der Waals surface area contributed by atoms with Crippen molar-refractivity contribution in [2.24, 2.45) is 5.92 Å². The Balaban J connectivity index is 1.50. The van der Waals surface area contributed by atoms with Crippen LogP contribution in [0.2, 0.25) is 0 Å². The molecule has 2 heterocycles. The van der Waals surface area contributed by atoms with E-state index in [1.807, 2.05) is 0 Å². The van der Waals surface area contributed by atoms with Crippen molar-refractivity contribution in [3.63, 3.8) is 0 Å². The Hall–Kier alpha value is -1.95. The summed E-state index contributed by atoms with van der Waals surface area (Å²) in [5.41, 5.74) is 2.11. The number of aromatic amines is 1. The SMILES string of the molecule is O=C(N[C@@H]1C[C@H]2OCC[C@@H]12)c1ccc2n[nH]nc2c1. The molecule has 0 bridgehead atoms. The maximum absolute atomic E-state index is 12.2. The predicted molar refractivity (Wildman–Crippen MR) is 67.6 cm³/mol. The van der Waals surface area contributed by atoms with E-state index in [9.17, 15) is 4.79 Å². The first kappa shape index (κ1) is 10.9. The first-order chi connectivity index (χ1) is 9.31. The van der Waals surface area contributed by atoms with Crippen LogP contribution in [0.4, 0.5) is 0 Å². The number of H-pyrrole nitrogens is 1. The molecule has 1 aromatic carbocycles. The molecule has 6 heteroatoms. The van der Waals surface area contributed by atoms with Gasteiger partial charge in [-0.05, 0) is 31.0 Å². The highest BCUT2D eigenvalue weighted by Gasteiger charge is 2.45. The van der Waals surface area contributed by atoms with Gasteiger partial charge in [-0.2, -0.15) is 15.4 Å². The Labute approximate surface area is 109 Å². The molecule has 1 amide bonds. The van der Waals surface area contributed by atoms with Crippen LogP contribution in [0.15, 0.2) is 18.2 Å². The van der Waals surface area contributed by atoms with Crippen molar-refractivity contribution >= 4 is 16.9 Å². The average Bonchev–Trinajstić information content (AvgIpc) is 3.00. The zero-order chi connectivity index (χ0) is 12.8. The molecule has 1 saturated heterocycles. The number of fused-ring (bicyclic) bond motifs is 2. The van der Waals surface area contributed by atoms with Crippen LogP contribution in [0.25, 0.3) is 11.0 Å². The molecule has 98 valence electrons. The van der Waals surface area contributed by atoms with Gasteiger partial charge >= 0.3 is 0 Å². The number of nitrogens with zero attached hydrogens (tertiary/aromatic N) is 2. The molecule has 2 aliphatic rings. The van der Waals surface area contributed by atoms with Crippen LogP contribution in [0, 0.1) is 5.92 Å². The number of carbonyl (C=O) groups excluding carboxylic acids is 1. The minimum absolute atomic E-state index is 0.0414. The van der Waals surface area contributed by atoms with Gasteiger partial charge in [-0.25, -0.2) is 0 Å². The molecule has 1 saturated carbocycles. The second kappa shape index (κ2) is 4.03. The molecule has 1 aliphatic heterocycles. The fourth-order valence-corrected chi connectivity index (χ4v) is 3.00. The van der Waals surface area contributed by atoms with E-state index in [-0.39, 0.29) is 11.9 Å². The number of aromatic nitrogens is 3. The maximum atomic E-state index is 12.2. The van der Waals surface area contributed by atoms with Crippen LogP contribution < -0.4 is 5.32 Å². The summed E-state index contributed by atoms with van der Waals surface area (Å²) in [6.45, 7) is 0.826. The Morgan fingerprint density at radius 2 is 2.26 bits per heavy atom. The first-order valence-corrected chi connectivity index (χ1v) is 6.54. The second-order valence-electron chi connectivity index (χ2n) is 5.20. The molecule has 3 atom stereocenters. The Kier molecular flexibility index (Phi) is 2.32. The lowest BCUT2D eigenvalue weighted by molar-refractivity contribution is 0.00810.